The van der Waals surface area contributed by atoms with Crippen molar-refractivity contribution in [3.63, 3.8) is 0 Å². The van der Waals surface area contributed by atoms with Gasteiger partial charge in [0.15, 0.2) is 0 Å². The molecular weight excluding hydrogens is 326 g/mol. The van der Waals surface area contributed by atoms with Gasteiger partial charge in [-0.1, -0.05) is 24.3 Å². The van der Waals surface area contributed by atoms with E-state index in [1.807, 2.05) is 56.3 Å². The van der Waals surface area contributed by atoms with Gasteiger partial charge in [0.1, 0.15) is 18.0 Å². The summed E-state index contributed by atoms with van der Waals surface area (Å²) >= 11 is 0. The predicted octanol–water partition coefficient (Wildman–Crippen LogP) is 3.66. The van der Waals surface area contributed by atoms with Crippen LogP contribution in [-0.2, 0) is 0 Å². The average Bonchev–Trinajstić information content (AvgIpc) is 2.63. The molecule has 1 saturated heterocycles. The van der Waals surface area contributed by atoms with Crippen LogP contribution in [0, 0.1) is 20.8 Å². The first-order chi connectivity index (χ1) is 12.4. The normalized spacial score (nSPS) is 20.1. The summed E-state index contributed by atoms with van der Waals surface area (Å²) in [6.07, 6.45) is 1.40. The van der Waals surface area contributed by atoms with Crippen LogP contribution in [0.1, 0.15) is 39.9 Å². The molecule has 1 N–H and O–H groups in total. The standard InChI is InChI=1S/C22H27NO3/c1-16-9-10-19(13-18(16)3)26-15-22(25)11-6-12-23(14-22)21(24)20-8-5-4-7-17(20)2/h4-5,7-10,13,25H,6,11-12,14-15H2,1-3H3. The molecule has 2 aromatic carbocycles. The number of carbonyl (C=O) groups is 1. The molecule has 0 aliphatic carbocycles. The van der Waals surface area contributed by atoms with Crippen molar-refractivity contribution in [3.05, 3.63) is 64.7 Å². The van der Waals surface area contributed by atoms with Crippen molar-refractivity contribution in [3.8, 4) is 5.75 Å². The van der Waals surface area contributed by atoms with E-state index in [2.05, 4.69) is 6.92 Å². The van der Waals surface area contributed by atoms with Crippen LogP contribution in [0.15, 0.2) is 42.5 Å². The maximum Gasteiger partial charge on any atom is 0.254 e. The van der Waals surface area contributed by atoms with Gasteiger partial charge in [-0.05, 0) is 68.5 Å². The minimum absolute atomic E-state index is 0.0209. The van der Waals surface area contributed by atoms with E-state index < -0.39 is 5.60 Å². The van der Waals surface area contributed by atoms with Crippen LogP contribution in [0.25, 0.3) is 0 Å². The average molecular weight is 353 g/mol. The fourth-order valence-corrected chi connectivity index (χ4v) is 3.41. The zero-order chi connectivity index (χ0) is 18.7. The third kappa shape index (κ3) is 4.07. The van der Waals surface area contributed by atoms with Gasteiger partial charge in [0.25, 0.3) is 5.91 Å². The van der Waals surface area contributed by atoms with E-state index >= 15 is 0 Å². The van der Waals surface area contributed by atoms with Gasteiger partial charge in [-0.3, -0.25) is 4.79 Å². The summed E-state index contributed by atoms with van der Waals surface area (Å²) in [6, 6.07) is 13.5. The lowest BCUT2D eigenvalue weighted by atomic mass is 9.93. The second kappa shape index (κ2) is 7.50. The maximum absolute atomic E-state index is 12.8. The van der Waals surface area contributed by atoms with Gasteiger partial charge in [0.2, 0.25) is 0 Å². The van der Waals surface area contributed by atoms with Gasteiger partial charge in [-0.2, -0.15) is 0 Å². The summed E-state index contributed by atoms with van der Waals surface area (Å²) < 4.78 is 5.85. The Morgan fingerprint density at radius 2 is 1.88 bits per heavy atom. The number of aliphatic hydroxyl groups is 1. The summed E-state index contributed by atoms with van der Waals surface area (Å²) in [5.74, 6) is 0.733. The Balaban J connectivity index is 1.67. The van der Waals surface area contributed by atoms with Crippen molar-refractivity contribution < 1.29 is 14.6 Å². The number of hydrogen-bond acceptors (Lipinski definition) is 3. The molecule has 3 rings (SSSR count). The highest BCUT2D eigenvalue weighted by molar-refractivity contribution is 5.95. The molecule has 1 amide bonds. The van der Waals surface area contributed by atoms with Crippen molar-refractivity contribution >= 4 is 5.91 Å². The number of aryl methyl sites for hydroxylation is 3. The number of carbonyl (C=O) groups excluding carboxylic acids is 1. The van der Waals surface area contributed by atoms with Gasteiger partial charge >= 0.3 is 0 Å². The van der Waals surface area contributed by atoms with Gasteiger partial charge < -0.3 is 14.7 Å². The van der Waals surface area contributed by atoms with Gasteiger partial charge in [-0.25, -0.2) is 0 Å². The first-order valence-corrected chi connectivity index (χ1v) is 9.15. The van der Waals surface area contributed by atoms with Crippen molar-refractivity contribution in [2.24, 2.45) is 0 Å². The van der Waals surface area contributed by atoms with Gasteiger partial charge in [0.05, 0.1) is 6.54 Å². The molecule has 2 aromatic rings. The number of benzene rings is 2. The summed E-state index contributed by atoms with van der Waals surface area (Å²) in [6.45, 7) is 7.19. The third-order valence-corrected chi connectivity index (χ3v) is 5.20. The van der Waals surface area contributed by atoms with Crippen molar-refractivity contribution in [2.45, 2.75) is 39.2 Å². The third-order valence-electron chi connectivity index (χ3n) is 5.20. The van der Waals surface area contributed by atoms with Crippen molar-refractivity contribution in [2.75, 3.05) is 19.7 Å². The Labute approximate surface area is 155 Å². The lowest BCUT2D eigenvalue weighted by Crippen LogP contribution is -2.53. The summed E-state index contributed by atoms with van der Waals surface area (Å²) in [7, 11) is 0. The molecule has 1 aliphatic heterocycles. The molecule has 1 heterocycles. The van der Waals surface area contributed by atoms with E-state index in [4.69, 9.17) is 4.74 Å². The molecule has 0 bridgehead atoms. The smallest absolute Gasteiger partial charge is 0.254 e. The summed E-state index contributed by atoms with van der Waals surface area (Å²) in [5, 5.41) is 11.0. The van der Waals surface area contributed by atoms with E-state index in [0.29, 0.717) is 25.1 Å². The van der Waals surface area contributed by atoms with Crippen LogP contribution in [0.5, 0.6) is 5.75 Å². The largest absolute Gasteiger partial charge is 0.491 e. The molecule has 26 heavy (non-hydrogen) atoms. The summed E-state index contributed by atoms with van der Waals surface area (Å²) in [4.78, 5) is 14.6. The second-order valence-corrected chi connectivity index (χ2v) is 7.40. The van der Waals surface area contributed by atoms with Crippen molar-refractivity contribution in [1.82, 2.24) is 4.90 Å². The Morgan fingerprint density at radius 3 is 2.62 bits per heavy atom. The summed E-state index contributed by atoms with van der Waals surface area (Å²) in [5.41, 5.74) is 3.01. The Morgan fingerprint density at radius 1 is 1.12 bits per heavy atom. The molecule has 1 atom stereocenters. The Kier molecular flexibility index (Phi) is 5.33. The molecule has 0 spiro atoms. The topological polar surface area (TPSA) is 49.8 Å². The first-order valence-electron chi connectivity index (χ1n) is 9.15. The maximum atomic E-state index is 12.8. The molecule has 1 fully saturated rings. The minimum atomic E-state index is -1.02. The van der Waals surface area contributed by atoms with Crippen molar-refractivity contribution in [1.29, 1.82) is 0 Å². The van der Waals surface area contributed by atoms with E-state index in [-0.39, 0.29) is 12.5 Å². The van der Waals surface area contributed by atoms with E-state index in [0.717, 1.165) is 23.3 Å². The number of likely N-dealkylation sites (tertiary alicyclic amines) is 1. The Bertz CT molecular complexity index is 802. The number of amides is 1. The SMILES string of the molecule is Cc1ccc(OCC2(O)CCCN(C(=O)c3ccccc3C)C2)cc1C. The van der Waals surface area contributed by atoms with Gasteiger partial charge in [0, 0.05) is 12.1 Å². The quantitative estimate of drug-likeness (QED) is 0.913. The molecule has 0 saturated carbocycles. The second-order valence-electron chi connectivity index (χ2n) is 7.40. The lowest BCUT2D eigenvalue weighted by molar-refractivity contribution is -0.0532. The number of rotatable bonds is 4. The first kappa shape index (κ1) is 18.5. The van der Waals surface area contributed by atoms with Crippen LogP contribution in [0.3, 0.4) is 0 Å². The number of piperidine rings is 1. The zero-order valence-corrected chi connectivity index (χ0v) is 15.8. The van der Waals surface area contributed by atoms with Crippen LogP contribution in [0.4, 0.5) is 0 Å². The highest BCUT2D eigenvalue weighted by Crippen LogP contribution is 2.25. The van der Waals surface area contributed by atoms with Crippen LogP contribution in [-0.4, -0.2) is 41.2 Å². The molecule has 1 unspecified atom stereocenters. The fourth-order valence-electron chi connectivity index (χ4n) is 3.41. The van der Waals surface area contributed by atoms with E-state index in [9.17, 15) is 9.90 Å². The molecule has 138 valence electrons. The highest BCUT2D eigenvalue weighted by Gasteiger charge is 2.36. The molecule has 4 heteroatoms. The lowest BCUT2D eigenvalue weighted by Gasteiger charge is -2.39. The Hall–Kier alpha value is -2.33. The molecule has 1 aliphatic rings. The number of nitrogens with zero attached hydrogens (tertiary/aromatic N) is 1. The zero-order valence-electron chi connectivity index (χ0n) is 15.8. The molecular formula is C22H27NO3. The number of hydrogen-bond donors (Lipinski definition) is 1. The number of β-amino-alcohol motifs (C(OH)–C–C–N with tert-alkyl or cyclic N) is 1. The molecule has 0 radical (unpaired) electrons. The van der Waals surface area contributed by atoms with Crippen LogP contribution in [0.2, 0.25) is 0 Å². The van der Waals surface area contributed by atoms with Gasteiger partial charge in [-0.15, -0.1) is 0 Å². The molecule has 4 nitrogen and oxygen atoms in total. The molecule has 0 aromatic heterocycles. The van der Waals surface area contributed by atoms with E-state index in [1.165, 1.54) is 5.56 Å². The monoisotopic (exact) mass is 353 g/mol. The van der Waals surface area contributed by atoms with Crippen LogP contribution >= 0.6 is 0 Å². The van der Waals surface area contributed by atoms with E-state index in [1.54, 1.807) is 4.90 Å². The predicted molar refractivity (Wildman–Crippen MR) is 103 cm³/mol. The fraction of sp³-hybridized carbons (Fsp3) is 0.409. The minimum Gasteiger partial charge on any atom is -0.491 e. The van der Waals surface area contributed by atoms with Crippen LogP contribution < -0.4 is 4.74 Å². The highest BCUT2D eigenvalue weighted by atomic mass is 16.5. The number of ether oxygens (including phenoxy) is 1.